The van der Waals surface area contributed by atoms with Gasteiger partial charge in [0.2, 0.25) is 0 Å². The number of nitrogens with one attached hydrogen (secondary N) is 1. The van der Waals surface area contributed by atoms with E-state index in [1.54, 1.807) is 28.9 Å². The highest BCUT2D eigenvalue weighted by Crippen LogP contribution is 2.33. The van der Waals surface area contributed by atoms with E-state index in [9.17, 15) is 18.8 Å². The number of rotatable bonds is 7. The molecule has 10 heteroatoms. The summed E-state index contributed by atoms with van der Waals surface area (Å²) in [6.07, 6.45) is 0.689. The van der Waals surface area contributed by atoms with Crippen molar-refractivity contribution >= 4 is 29.2 Å². The van der Waals surface area contributed by atoms with Gasteiger partial charge in [-0.1, -0.05) is 12.1 Å². The van der Waals surface area contributed by atoms with Gasteiger partial charge in [0.15, 0.2) is 0 Å². The lowest BCUT2D eigenvalue weighted by molar-refractivity contribution is -0.139. The highest BCUT2D eigenvalue weighted by Gasteiger charge is 2.38. The third kappa shape index (κ3) is 5.44. The fourth-order valence-corrected chi connectivity index (χ4v) is 5.38. The first-order valence-electron chi connectivity index (χ1n) is 12.2. The quantitative estimate of drug-likeness (QED) is 0.571. The van der Waals surface area contributed by atoms with Crippen LogP contribution >= 0.6 is 11.3 Å². The lowest BCUT2D eigenvalue weighted by Crippen LogP contribution is -2.51. The van der Waals surface area contributed by atoms with E-state index in [-0.39, 0.29) is 24.1 Å². The summed E-state index contributed by atoms with van der Waals surface area (Å²) in [7, 11) is 0. The smallest absolute Gasteiger partial charge is 0.338 e. The van der Waals surface area contributed by atoms with Crippen LogP contribution in [-0.2, 0) is 9.53 Å². The van der Waals surface area contributed by atoms with Crippen LogP contribution in [0.3, 0.4) is 0 Å². The molecular formula is C26H31FN4O4S. The van der Waals surface area contributed by atoms with Crippen molar-refractivity contribution in [3.63, 3.8) is 0 Å². The van der Waals surface area contributed by atoms with Crippen LogP contribution in [0.4, 0.5) is 9.18 Å². The number of benzene rings is 1. The molecule has 0 spiro atoms. The number of halogens is 1. The Hall–Kier alpha value is -3.24. The molecule has 2 aromatic rings. The summed E-state index contributed by atoms with van der Waals surface area (Å²) in [5.41, 5.74) is 1.95. The Kier molecular flexibility index (Phi) is 8.37. The number of esters is 1. The molecule has 0 radical (unpaired) electrons. The van der Waals surface area contributed by atoms with Crippen molar-refractivity contribution < 1.29 is 23.5 Å². The molecule has 1 N–H and O–H groups in total. The molecule has 1 fully saturated rings. The second-order valence-corrected chi connectivity index (χ2v) is 9.45. The van der Waals surface area contributed by atoms with Crippen LogP contribution in [0.2, 0.25) is 0 Å². The molecule has 3 amide bonds. The summed E-state index contributed by atoms with van der Waals surface area (Å²) in [6, 6.07) is 7.05. The number of hydrogen-bond donors (Lipinski definition) is 1. The fraction of sp³-hybridized carbons (Fsp3) is 0.423. The Morgan fingerprint density at radius 2 is 1.94 bits per heavy atom. The number of nitrogens with zero attached hydrogens (tertiary/aromatic N) is 3. The summed E-state index contributed by atoms with van der Waals surface area (Å²) in [4.78, 5) is 44.5. The molecule has 1 aromatic heterocycles. The van der Waals surface area contributed by atoms with Crippen molar-refractivity contribution in [1.82, 2.24) is 20.0 Å². The molecule has 3 heterocycles. The van der Waals surface area contributed by atoms with Crippen molar-refractivity contribution in [3.05, 3.63) is 69.3 Å². The van der Waals surface area contributed by atoms with E-state index in [2.05, 4.69) is 10.2 Å². The SMILES string of the molecule is CCOC(=O)C1=C(CN2CCCN(C(=O)c3ccccc3F)CC2)N(CC)C(=O)NC1c1ccsc1. The lowest BCUT2D eigenvalue weighted by Gasteiger charge is -2.37. The molecule has 8 nitrogen and oxygen atoms in total. The maximum atomic E-state index is 14.2. The summed E-state index contributed by atoms with van der Waals surface area (Å²) in [5, 5.41) is 6.79. The van der Waals surface area contributed by atoms with Gasteiger partial charge < -0.3 is 15.0 Å². The molecule has 1 unspecified atom stereocenters. The van der Waals surface area contributed by atoms with E-state index in [1.807, 2.05) is 23.8 Å². The van der Waals surface area contributed by atoms with Crippen LogP contribution in [0.1, 0.15) is 42.2 Å². The highest BCUT2D eigenvalue weighted by atomic mass is 32.1. The Labute approximate surface area is 214 Å². The van der Waals surface area contributed by atoms with E-state index in [4.69, 9.17) is 4.74 Å². The number of carbonyl (C=O) groups is 3. The minimum absolute atomic E-state index is 0.0676. The number of carbonyl (C=O) groups excluding carboxylic acids is 3. The van der Waals surface area contributed by atoms with Crippen LogP contribution in [0.15, 0.2) is 52.4 Å². The third-order valence-corrected chi connectivity index (χ3v) is 7.18. The van der Waals surface area contributed by atoms with Gasteiger partial charge in [0.05, 0.1) is 23.8 Å². The van der Waals surface area contributed by atoms with Crippen molar-refractivity contribution in [3.8, 4) is 0 Å². The first-order chi connectivity index (χ1) is 17.4. The molecule has 2 aliphatic rings. The van der Waals surface area contributed by atoms with Crippen LogP contribution in [0, 0.1) is 5.82 Å². The van der Waals surface area contributed by atoms with Crippen LogP contribution in [0.5, 0.6) is 0 Å². The zero-order valence-corrected chi connectivity index (χ0v) is 21.4. The molecule has 0 aliphatic carbocycles. The Balaban J connectivity index is 1.59. The minimum atomic E-state index is -0.591. The third-order valence-electron chi connectivity index (χ3n) is 6.48. The summed E-state index contributed by atoms with van der Waals surface area (Å²) in [6.45, 7) is 6.72. The van der Waals surface area contributed by atoms with E-state index >= 15 is 0 Å². The van der Waals surface area contributed by atoms with E-state index in [0.717, 1.165) is 5.56 Å². The van der Waals surface area contributed by atoms with Crippen molar-refractivity contribution in [2.24, 2.45) is 0 Å². The number of thiophene rings is 1. The van der Waals surface area contributed by atoms with Crippen molar-refractivity contribution in [1.29, 1.82) is 0 Å². The van der Waals surface area contributed by atoms with Crippen molar-refractivity contribution in [2.45, 2.75) is 26.3 Å². The second-order valence-electron chi connectivity index (χ2n) is 8.67. The zero-order valence-electron chi connectivity index (χ0n) is 20.5. The molecule has 0 bridgehead atoms. The largest absolute Gasteiger partial charge is 0.463 e. The van der Waals surface area contributed by atoms with E-state index < -0.39 is 17.8 Å². The summed E-state index contributed by atoms with van der Waals surface area (Å²) in [5.74, 6) is -1.31. The second kappa shape index (κ2) is 11.7. The van der Waals surface area contributed by atoms with E-state index in [0.29, 0.717) is 57.0 Å². The van der Waals surface area contributed by atoms with Crippen molar-refractivity contribution in [2.75, 3.05) is 45.9 Å². The average molecular weight is 515 g/mol. The fourth-order valence-electron chi connectivity index (χ4n) is 4.70. The molecule has 1 atom stereocenters. The maximum absolute atomic E-state index is 14.2. The monoisotopic (exact) mass is 514 g/mol. The van der Waals surface area contributed by atoms with Crippen LogP contribution in [0.25, 0.3) is 0 Å². The number of likely N-dealkylation sites (N-methyl/N-ethyl adjacent to an activating group) is 1. The molecule has 0 saturated carbocycles. The van der Waals surface area contributed by atoms with Crippen LogP contribution in [-0.4, -0.2) is 78.5 Å². The Morgan fingerprint density at radius 3 is 2.64 bits per heavy atom. The molecule has 1 saturated heterocycles. The van der Waals surface area contributed by atoms with Gasteiger partial charge in [-0.3, -0.25) is 14.6 Å². The number of urea groups is 1. The predicted octanol–water partition coefficient (Wildman–Crippen LogP) is 3.64. The highest BCUT2D eigenvalue weighted by molar-refractivity contribution is 7.08. The molecular weight excluding hydrogens is 483 g/mol. The molecule has 4 rings (SSSR count). The van der Waals surface area contributed by atoms with Gasteiger partial charge in [0.1, 0.15) is 5.82 Å². The first-order valence-corrected chi connectivity index (χ1v) is 13.1. The first kappa shape index (κ1) is 25.8. The molecule has 36 heavy (non-hydrogen) atoms. The predicted molar refractivity (Wildman–Crippen MR) is 135 cm³/mol. The number of amides is 3. The molecule has 192 valence electrons. The van der Waals surface area contributed by atoms with E-state index in [1.165, 1.54) is 23.5 Å². The minimum Gasteiger partial charge on any atom is -0.463 e. The maximum Gasteiger partial charge on any atom is 0.338 e. The van der Waals surface area contributed by atoms with Gasteiger partial charge in [-0.25, -0.2) is 14.0 Å². The normalized spacial score (nSPS) is 19.2. The average Bonchev–Trinajstić information content (AvgIpc) is 3.30. The zero-order chi connectivity index (χ0) is 25.7. The topological polar surface area (TPSA) is 82.2 Å². The van der Waals surface area contributed by atoms with Gasteiger partial charge >= 0.3 is 12.0 Å². The number of ether oxygens (including phenoxy) is 1. The number of hydrogen-bond acceptors (Lipinski definition) is 6. The van der Waals surface area contributed by atoms with Crippen LogP contribution < -0.4 is 5.32 Å². The summed E-state index contributed by atoms with van der Waals surface area (Å²) >= 11 is 1.50. The van der Waals surface area contributed by atoms with Gasteiger partial charge in [-0.15, -0.1) is 0 Å². The van der Waals surface area contributed by atoms with Gasteiger partial charge in [0, 0.05) is 45.0 Å². The van der Waals surface area contributed by atoms with Gasteiger partial charge in [-0.05, 0) is 54.8 Å². The molecule has 1 aromatic carbocycles. The van der Waals surface area contributed by atoms with Gasteiger partial charge in [0.25, 0.3) is 5.91 Å². The Bertz CT molecular complexity index is 1140. The molecule has 2 aliphatic heterocycles. The Morgan fingerprint density at radius 1 is 1.14 bits per heavy atom. The lowest BCUT2D eigenvalue weighted by atomic mass is 9.96. The summed E-state index contributed by atoms with van der Waals surface area (Å²) < 4.78 is 19.6. The standard InChI is InChI=1S/C26H31FN4O4S/c1-3-31-21(22(25(33)35-4-2)23(28-26(31)34)18-10-15-36-17-18)16-29-11-7-12-30(14-13-29)24(32)19-8-5-6-9-20(19)27/h5-6,8-10,15,17,23H,3-4,7,11-14,16H2,1-2H3,(H,28,34). The van der Waals surface area contributed by atoms with Gasteiger partial charge in [-0.2, -0.15) is 11.3 Å².